The van der Waals surface area contributed by atoms with Crippen LogP contribution >= 0.6 is 0 Å². The molecule has 0 atom stereocenters. The fourth-order valence-corrected chi connectivity index (χ4v) is 8.92. The van der Waals surface area contributed by atoms with E-state index in [1.807, 2.05) is 38.1 Å². The zero-order valence-corrected chi connectivity index (χ0v) is 33.1. The number of benzene rings is 8. The first-order valence-electron chi connectivity index (χ1n) is 20.2. The lowest BCUT2D eigenvalue weighted by atomic mass is 9.82. The number of para-hydroxylation sites is 1. The molecule has 0 saturated heterocycles. The fourth-order valence-electron chi connectivity index (χ4n) is 8.92. The molecular formula is C54H42N4. The molecule has 11 rings (SSSR count). The molecule has 0 bridgehead atoms. The minimum absolute atomic E-state index is 0.0707. The predicted molar refractivity (Wildman–Crippen MR) is 242 cm³/mol. The van der Waals surface area contributed by atoms with E-state index in [9.17, 15) is 0 Å². The Hall–Kier alpha value is -7.17. The first kappa shape index (κ1) is 35.3. The molecule has 58 heavy (non-hydrogen) atoms. The Kier molecular flexibility index (Phi) is 8.57. The van der Waals surface area contributed by atoms with E-state index in [4.69, 9.17) is 15.0 Å². The average Bonchev–Trinajstić information content (AvgIpc) is 3.76. The number of hydrogen-bond donors (Lipinski definition) is 0. The van der Waals surface area contributed by atoms with Gasteiger partial charge in [-0.1, -0.05) is 198 Å². The minimum Gasteiger partial charge on any atom is -0.277 e. The van der Waals surface area contributed by atoms with Crippen LogP contribution < -0.4 is 0 Å². The van der Waals surface area contributed by atoms with E-state index in [2.05, 4.69) is 176 Å². The summed E-state index contributed by atoms with van der Waals surface area (Å²) >= 11 is 0. The molecule has 0 N–H and O–H groups in total. The van der Waals surface area contributed by atoms with Crippen LogP contribution in [0.1, 0.15) is 38.8 Å². The first-order valence-corrected chi connectivity index (χ1v) is 20.2. The van der Waals surface area contributed by atoms with E-state index in [1.54, 1.807) is 0 Å². The van der Waals surface area contributed by atoms with E-state index < -0.39 is 0 Å². The van der Waals surface area contributed by atoms with Gasteiger partial charge >= 0.3 is 0 Å². The maximum Gasteiger partial charge on any atom is 0.238 e. The Labute approximate surface area is 339 Å². The van der Waals surface area contributed by atoms with Gasteiger partial charge in [0.15, 0.2) is 11.6 Å². The molecule has 1 aliphatic rings. The zero-order chi connectivity index (χ0) is 39.4. The molecule has 0 spiro atoms. The summed E-state index contributed by atoms with van der Waals surface area (Å²) in [6, 6.07) is 64.8. The highest BCUT2D eigenvalue weighted by atomic mass is 15.2. The highest BCUT2D eigenvalue weighted by Gasteiger charge is 2.35. The van der Waals surface area contributed by atoms with Crippen molar-refractivity contribution in [1.29, 1.82) is 0 Å². The quantitative estimate of drug-likeness (QED) is 0.176. The van der Waals surface area contributed by atoms with E-state index >= 15 is 0 Å². The summed E-state index contributed by atoms with van der Waals surface area (Å²) in [5.41, 5.74) is 13.8. The normalized spacial score (nSPS) is 12.6. The number of fused-ring (bicyclic) bond motifs is 8. The van der Waals surface area contributed by atoms with Gasteiger partial charge < -0.3 is 0 Å². The molecule has 8 aromatic carbocycles. The fraction of sp³-hybridized carbons (Fsp3) is 0.0926. The summed E-state index contributed by atoms with van der Waals surface area (Å²) in [4.78, 5) is 15.8. The van der Waals surface area contributed by atoms with Crippen LogP contribution in [0.4, 0.5) is 0 Å². The molecular weight excluding hydrogens is 705 g/mol. The van der Waals surface area contributed by atoms with Crippen LogP contribution in [-0.2, 0) is 5.41 Å². The molecule has 0 saturated carbocycles. The Morgan fingerprint density at radius 3 is 1.72 bits per heavy atom. The molecule has 278 valence electrons. The molecule has 2 aromatic heterocycles. The van der Waals surface area contributed by atoms with Gasteiger partial charge in [-0.15, -0.1) is 0 Å². The van der Waals surface area contributed by atoms with Gasteiger partial charge in [0.05, 0.1) is 11.0 Å². The van der Waals surface area contributed by atoms with E-state index in [-0.39, 0.29) is 5.41 Å². The van der Waals surface area contributed by atoms with Crippen LogP contribution in [0.3, 0.4) is 0 Å². The lowest BCUT2D eigenvalue weighted by molar-refractivity contribution is 0.660. The first-order chi connectivity index (χ1) is 28.5. The summed E-state index contributed by atoms with van der Waals surface area (Å²) < 4.78 is 2.27. The maximum absolute atomic E-state index is 5.34. The van der Waals surface area contributed by atoms with E-state index in [1.165, 1.54) is 44.0 Å². The smallest absolute Gasteiger partial charge is 0.238 e. The van der Waals surface area contributed by atoms with Gasteiger partial charge in [-0.3, -0.25) is 4.57 Å². The highest BCUT2D eigenvalue weighted by Crippen LogP contribution is 2.50. The minimum atomic E-state index is -0.0707. The van der Waals surface area contributed by atoms with Crippen LogP contribution in [-0.4, -0.2) is 19.5 Å². The Balaban J connectivity index is 0.00000201. The van der Waals surface area contributed by atoms with E-state index in [0.29, 0.717) is 17.6 Å². The molecule has 10 aromatic rings. The number of aromatic nitrogens is 4. The van der Waals surface area contributed by atoms with Crippen LogP contribution in [0.2, 0.25) is 0 Å². The average molecular weight is 747 g/mol. The summed E-state index contributed by atoms with van der Waals surface area (Å²) in [5.74, 6) is 1.83. The van der Waals surface area contributed by atoms with Crippen molar-refractivity contribution >= 4 is 32.6 Å². The monoisotopic (exact) mass is 746 g/mol. The van der Waals surface area contributed by atoms with Crippen LogP contribution in [0, 0.1) is 0 Å². The third-order valence-corrected chi connectivity index (χ3v) is 11.7. The van der Waals surface area contributed by atoms with Crippen molar-refractivity contribution < 1.29 is 0 Å². The van der Waals surface area contributed by atoms with Crippen LogP contribution in [0.15, 0.2) is 182 Å². The van der Waals surface area contributed by atoms with Crippen molar-refractivity contribution in [3.63, 3.8) is 0 Å². The second kappa shape index (κ2) is 14.1. The van der Waals surface area contributed by atoms with Crippen molar-refractivity contribution in [2.45, 2.75) is 33.1 Å². The van der Waals surface area contributed by atoms with Crippen molar-refractivity contribution in [2.75, 3.05) is 0 Å². The molecule has 0 radical (unpaired) electrons. The van der Waals surface area contributed by atoms with Gasteiger partial charge in [0.2, 0.25) is 5.95 Å². The van der Waals surface area contributed by atoms with Gasteiger partial charge in [0, 0.05) is 32.9 Å². The van der Waals surface area contributed by atoms with Crippen molar-refractivity contribution in [3.8, 4) is 62.1 Å². The number of nitrogens with zero attached hydrogens (tertiary/aromatic N) is 4. The molecule has 0 unspecified atom stereocenters. The molecule has 4 heteroatoms. The molecule has 4 nitrogen and oxygen atoms in total. The molecule has 1 aliphatic carbocycles. The molecule has 0 amide bonds. The Morgan fingerprint density at radius 1 is 0.414 bits per heavy atom. The van der Waals surface area contributed by atoms with Gasteiger partial charge in [0.25, 0.3) is 0 Å². The maximum atomic E-state index is 5.34. The van der Waals surface area contributed by atoms with Crippen LogP contribution in [0.5, 0.6) is 0 Å². The molecule has 0 aliphatic heterocycles. The van der Waals surface area contributed by atoms with E-state index in [0.717, 1.165) is 44.2 Å². The third kappa shape index (κ3) is 5.63. The van der Waals surface area contributed by atoms with Crippen LogP contribution in [0.25, 0.3) is 94.7 Å². The lowest BCUT2D eigenvalue weighted by Crippen LogP contribution is -2.14. The standard InChI is InChI=1S/C52H36N4.C2H6/c1-52(2)44-23-12-11-20-41(44)43-32-38(28-30-45(43)52)40-21-13-22-42-47-39-19-10-9-16-35(39)29-31-46(47)56(48(40)42)51-54-49(36-17-7-4-8-18-36)53-50(55-51)37-26-24-34(25-27-37)33-14-5-3-6-15-33;1-2/h3-32H,1-2H3;1-2H3. The van der Waals surface area contributed by atoms with Crippen molar-refractivity contribution in [2.24, 2.45) is 0 Å². The summed E-state index contributed by atoms with van der Waals surface area (Å²) in [7, 11) is 0. The predicted octanol–water partition coefficient (Wildman–Crippen LogP) is 14.1. The summed E-state index contributed by atoms with van der Waals surface area (Å²) in [6.45, 7) is 8.66. The highest BCUT2D eigenvalue weighted by molar-refractivity contribution is 6.23. The number of hydrogen-bond acceptors (Lipinski definition) is 3. The largest absolute Gasteiger partial charge is 0.277 e. The molecule has 0 fully saturated rings. The SMILES string of the molecule is CC.CC1(C)c2ccccc2-c2cc(-c3cccc4c5c6ccccc6ccc5n(-c5nc(-c6ccccc6)nc(-c6ccc(-c7ccccc7)cc6)n5)c34)ccc21. The van der Waals surface area contributed by atoms with Crippen molar-refractivity contribution in [3.05, 3.63) is 193 Å². The van der Waals surface area contributed by atoms with Crippen molar-refractivity contribution in [1.82, 2.24) is 19.5 Å². The molecule has 2 heterocycles. The van der Waals surface area contributed by atoms with Gasteiger partial charge in [0.1, 0.15) is 0 Å². The van der Waals surface area contributed by atoms with Gasteiger partial charge in [-0.25, -0.2) is 4.98 Å². The number of rotatable bonds is 5. The van der Waals surface area contributed by atoms with Gasteiger partial charge in [-0.05, 0) is 61.8 Å². The summed E-state index contributed by atoms with van der Waals surface area (Å²) in [6.07, 6.45) is 0. The lowest BCUT2D eigenvalue weighted by Gasteiger charge is -2.21. The van der Waals surface area contributed by atoms with Gasteiger partial charge in [-0.2, -0.15) is 9.97 Å². The second-order valence-corrected chi connectivity index (χ2v) is 15.2. The summed E-state index contributed by atoms with van der Waals surface area (Å²) in [5, 5.41) is 4.74. The topological polar surface area (TPSA) is 43.6 Å². The Bertz CT molecular complexity index is 3140. The third-order valence-electron chi connectivity index (χ3n) is 11.7. The Morgan fingerprint density at radius 2 is 0.966 bits per heavy atom. The zero-order valence-electron chi connectivity index (χ0n) is 33.1. The second-order valence-electron chi connectivity index (χ2n) is 15.2.